The van der Waals surface area contributed by atoms with E-state index < -0.39 is 0 Å². The van der Waals surface area contributed by atoms with Gasteiger partial charge in [-0.2, -0.15) is 5.10 Å². The highest BCUT2D eigenvalue weighted by Gasteiger charge is 2.29. The van der Waals surface area contributed by atoms with Gasteiger partial charge in [-0.3, -0.25) is 4.79 Å². The van der Waals surface area contributed by atoms with Gasteiger partial charge in [0.2, 0.25) is 5.91 Å². The number of likely N-dealkylation sites (N-methyl/N-ethyl adjacent to an activating group) is 1. The van der Waals surface area contributed by atoms with Gasteiger partial charge in [0.25, 0.3) is 0 Å². The number of rotatable bonds is 5. The summed E-state index contributed by atoms with van der Waals surface area (Å²) in [5.74, 6) is 0.194. The summed E-state index contributed by atoms with van der Waals surface area (Å²) >= 11 is 5.97. The van der Waals surface area contributed by atoms with Crippen molar-refractivity contribution in [3.05, 3.63) is 46.2 Å². The van der Waals surface area contributed by atoms with Gasteiger partial charge in [-0.05, 0) is 58.0 Å². The number of benzene rings is 1. The molecule has 142 valence electrons. The molecule has 1 aromatic carbocycles. The molecule has 1 aromatic heterocycles. The molecule has 1 saturated heterocycles. The van der Waals surface area contributed by atoms with Crippen molar-refractivity contribution in [3.63, 3.8) is 0 Å². The van der Waals surface area contributed by atoms with E-state index in [0.29, 0.717) is 17.5 Å². The van der Waals surface area contributed by atoms with E-state index in [1.165, 1.54) is 0 Å². The van der Waals surface area contributed by atoms with Gasteiger partial charge in [-0.25, -0.2) is 4.68 Å². The average molecular weight is 397 g/mol. The van der Waals surface area contributed by atoms with Crippen molar-refractivity contribution in [2.45, 2.75) is 39.2 Å². The van der Waals surface area contributed by atoms with E-state index in [2.05, 4.69) is 10.4 Å². The molecule has 0 aliphatic carbocycles. The topological polar surface area (TPSA) is 50.2 Å². The van der Waals surface area contributed by atoms with E-state index in [-0.39, 0.29) is 18.3 Å². The Labute approximate surface area is 166 Å². The van der Waals surface area contributed by atoms with Crippen molar-refractivity contribution in [2.75, 3.05) is 20.1 Å². The van der Waals surface area contributed by atoms with Crippen molar-refractivity contribution in [2.24, 2.45) is 0 Å². The van der Waals surface area contributed by atoms with Crippen molar-refractivity contribution in [1.29, 1.82) is 0 Å². The van der Waals surface area contributed by atoms with E-state index in [1.807, 2.05) is 54.7 Å². The first-order valence-electron chi connectivity index (χ1n) is 8.76. The largest absolute Gasteiger partial charge is 0.338 e. The van der Waals surface area contributed by atoms with E-state index in [9.17, 15) is 4.79 Å². The minimum atomic E-state index is 0. The van der Waals surface area contributed by atoms with E-state index in [1.54, 1.807) is 0 Å². The molecule has 1 atom stereocenters. The van der Waals surface area contributed by atoms with Crippen LogP contribution < -0.4 is 5.32 Å². The van der Waals surface area contributed by atoms with Crippen LogP contribution in [0.5, 0.6) is 0 Å². The molecule has 1 unspecified atom stereocenters. The number of amides is 1. The Morgan fingerprint density at radius 2 is 2.00 bits per heavy atom. The van der Waals surface area contributed by atoms with Gasteiger partial charge in [0.05, 0.1) is 17.8 Å². The predicted octanol–water partition coefficient (Wildman–Crippen LogP) is 3.32. The zero-order valence-corrected chi connectivity index (χ0v) is 17.0. The van der Waals surface area contributed by atoms with Crippen LogP contribution in [-0.2, 0) is 11.2 Å². The summed E-state index contributed by atoms with van der Waals surface area (Å²) in [4.78, 5) is 14.9. The second kappa shape index (κ2) is 8.89. The third-order valence-electron chi connectivity index (χ3n) is 4.98. The van der Waals surface area contributed by atoms with Crippen LogP contribution in [0.2, 0.25) is 5.02 Å². The number of nitrogens with one attached hydrogen (secondary N) is 1. The first kappa shape index (κ1) is 20.7. The maximum atomic E-state index is 12.8. The highest BCUT2D eigenvalue weighted by Crippen LogP contribution is 2.23. The SMILES string of the molecule is CNCC1CCCN1C(=O)Cc1c(C)nn(-c2ccc(Cl)cc2)c1C.Cl. The molecule has 1 amide bonds. The number of aryl methyl sites for hydroxylation is 1. The van der Waals surface area contributed by atoms with E-state index in [0.717, 1.165) is 48.6 Å². The van der Waals surface area contributed by atoms with Crippen molar-refractivity contribution < 1.29 is 4.79 Å². The zero-order valence-electron chi connectivity index (χ0n) is 15.5. The molecule has 0 bridgehead atoms. The molecule has 0 radical (unpaired) electrons. The standard InChI is InChI=1S/C19H25ClN4O.ClH/c1-13-18(11-19(25)23-10-4-5-17(23)12-21-3)14(2)24(22-13)16-8-6-15(20)7-9-16;/h6-9,17,21H,4-5,10-12H2,1-3H3;1H. The second-order valence-electron chi connectivity index (χ2n) is 6.66. The third-order valence-corrected chi connectivity index (χ3v) is 5.23. The minimum Gasteiger partial charge on any atom is -0.338 e. The number of hydrogen-bond acceptors (Lipinski definition) is 3. The van der Waals surface area contributed by atoms with E-state index in [4.69, 9.17) is 11.6 Å². The molecular formula is C19H26Cl2N4O. The molecule has 2 aromatic rings. The molecule has 1 fully saturated rings. The normalized spacial score (nSPS) is 16.6. The number of carbonyl (C=O) groups is 1. The van der Waals surface area contributed by atoms with Gasteiger partial charge in [-0.15, -0.1) is 12.4 Å². The average Bonchev–Trinajstić information content (AvgIpc) is 3.16. The van der Waals surface area contributed by atoms with Crippen molar-refractivity contribution in [1.82, 2.24) is 20.0 Å². The number of likely N-dealkylation sites (tertiary alicyclic amines) is 1. The zero-order chi connectivity index (χ0) is 18.0. The minimum absolute atomic E-state index is 0. The Balaban J connectivity index is 0.00000243. The van der Waals surface area contributed by atoms with Gasteiger partial charge in [-0.1, -0.05) is 11.6 Å². The lowest BCUT2D eigenvalue weighted by atomic mass is 10.1. The Hall–Kier alpha value is -1.56. The summed E-state index contributed by atoms with van der Waals surface area (Å²) in [6, 6.07) is 7.90. The van der Waals surface area contributed by atoms with Crippen LogP contribution in [-0.4, -0.2) is 46.8 Å². The smallest absolute Gasteiger partial charge is 0.227 e. The Kier molecular flexibility index (Phi) is 7.09. The van der Waals surface area contributed by atoms with Gasteiger partial charge in [0.15, 0.2) is 0 Å². The lowest BCUT2D eigenvalue weighted by Gasteiger charge is -2.24. The summed E-state index contributed by atoms with van der Waals surface area (Å²) in [5, 5.41) is 8.53. The van der Waals surface area contributed by atoms with Crippen molar-refractivity contribution >= 4 is 29.9 Å². The van der Waals surface area contributed by atoms with Crippen LogP contribution in [0.4, 0.5) is 0 Å². The number of hydrogen-bond donors (Lipinski definition) is 1. The molecule has 7 heteroatoms. The van der Waals surface area contributed by atoms with Gasteiger partial charge in [0.1, 0.15) is 0 Å². The lowest BCUT2D eigenvalue weighted by Crippen LogP contribution is -2.41. The number of carbonyl (C=O) groups excluding carboxylic acids is 1. The molecule has 2 heterocycles. The maximum absolute atomic E-state index is 12.8. The second-order valence-corrected chi connectivity index (χ2v) is 7.09. The fourth-order valence-corrected chi connectivity index (χ4v) is 3.76. The van der Waals surface area contributed by atoms with Crippen LogP contribution in [0.3, 0.4) is 0 Å². The molecule has 1 aliphatic heterocycles. The van der Waals surface area contributed by atoms with Crippen LogP contribution in [0.25, 0.3) is 5.69 Å². The highest BCUT2D eigenvalue weighted by atomic mass is 35.5. The van der Waals surface area contributed by atoms with Gasteiger partial charge in [0, 0.05) is 35.4 Å². The number of halogens is 2. The fraction of sp³-hybridized carbons (Fsp3) is 0.474. The Bertz CT molecular complexity index is 758. The number of nitrogens with zero attached hydrogens (tertiary/aromatic N) is 3. The molecular weight excluding hydrogens is 371 g/mol. The molecule has 0 spiro atoms. The molecule has 26 heavy (non-hydrogen) atoms. The van der Waals surface area contributed by atoms with Crippen LogP contribution >= 0.6 is 24.0 Å². The van der Waals surface area contributed by atoms with Crippen LogP contribution in [0, 0.1) is 13.8 Å². The first-order valence-corrected chi connectivity index (χ1v) is 9.14. The third kappa shape index (κ3) is 4.22. The molecule has 1 aliphatic rings. The first-order chi connectivity index (χ1) is 12.0. The van der Waals surface area contributed by atoms with Crippen molar-refractivity contribution in [3.8, 4) is 5.69 Å². The Morgan fingerprint density at radius 1 is 1.31 bits per heavy atom. The van der Waals surface area contributed by atoms with Gasteiger partial charge < -0.3 is 10.2 Å². The van der Waals surface area contributed by atoms with Crippen LogP contribution in [0.1, 0.15) is 29.8 Å². The lowest BCUT2D eigenvalue weighted by molar-refractivity contribution is -0.131. The Morgan fingerprint density at radius 3 is 2.65 bits per heavy atom. The quantitative estimate of drug-likeness (QED) is 0.842. The van der Waals surface area contributed by atoms with Crippen LogP contribution in [0.15, 0.2) is 24.3 Å². The highest BCUT2D eigenvalue weighted by molar-refractivity contribution is 6.30. The van der Waals surface area contributed by atoms with E-state index >= 15 is 0 Å². The summed E-state index contributed by atoms with van der Waals surface area (Å²) in [5.41, 5.74) is 3.90. The summed E-state index contributed by atoms with van der Waals surface area (Å²) in [7, 11) is 1.94. The summed E-state index contributed by atoms with van der Waals surface area (Å²) in [6.07, 6.45) is 2.57. The van der Waals surface area contributed by atoms with Gasteiger partial charge >= 0.3 is 0 Å². The molecule has 5 nitrogen and oxygen atoms in total. The summed E-state index contributed by atoms with van der Waals surface area (Å²) in [6.45, 7) is 5.70. The fourth-order valence-electron chi connectivity index (χ4n) is 3.63. The molecule has 0 saturated carbocycles. The monoisotopic (exact) mass is 396 g/mol. The molecule has 1 N–H and O–H groups in total. The predicted molar refractivity (Wildman–Crippen MR) is 108 cm³/mol. The summed E-state index contributed by atoms with van der Waals surface area (Å²) < 4.78 is 1.89. The maximum Gasteiger partial charge on any atom is 0.227 e. The molecule has 3 rings (SSSR count). The number of aromatic nitrogens is 2.